The summed E-state index contributed by atoms with van der Waals surface area (Å²) < 4.78 is 30.4. The van der Waals surface area contributed by atoms with E-state index in [1.54, 1.807) is 25.1 Å². The molecule has 1 heterocycles. The molecule has 0 spiro atoms. The summed E-state index contributed by atoms with van der Waals surface area (Å²) in [5, 5.41) is 6.91. The average molecular weight is 427 g/mol. The second kappa shape index (κ2) is 9.75. The van der Waals surface area contributed by atoms with Gasteiger partial charge in [-0.05, 0) is 42.8 Å². The molecule has 1 unspecified atom stereocenters. The molecule has 31 heavy (non-hydrogen) atoms. The van der Waals surface area contributed by atoms with Crippen LogP contribution in [0.1, 0.15) is 13.3 Å². The van der Waals surface area contributed by atoms with Crippen molar-refractivity contribution in [3.63, 3.8) is 0 Å². The lowest BCUT2D eigenvalue weighted by molar-refractivity contribution is -0.123. The molecule has 0 aliphatic carbocycles. The average Bonchev–Trinajstić information content (AvgIpc) is 2.78. The van der Waals surface area contributed by atoms with Crippen molar-refractivity contribution < 1.29 is 23.4 Å². The third-order valence-electron chi connectivity index (χ3n) is 4.42. The molecule has 0 saturated heterocycles. The number of aromatic nitrogens is 2. The molecule has 1 N–H and O–H groups in total. The maximum Gasteiger partial charge on any atom is 0.271 e. The Morgan fingerprint density at radius 1 is 1.06 bits per heavy atom. The first-order chi connectivity index (χ1) is 14.9. The minimum absolute atomic E-state index is 0.0817. The number of hydrogen-bond acceptors (Lipinski definition) is 6. The van der Waals surface area contributed by atoms with E-state index in [4.69, 9.17) is 14.2 Å². The van der Waals surface area contributed by atoms with E-state index in [2.05, 4.69) is 10.4 Å². The zero-order valence-electron chi connectivity index (χ0n) is 17.3. The van der Waals surface area contributed by atoms with Crippen LogP contribution in [0.15, 0.2) is 59.4 Å². The van der Waals surface area contributed by atoms with E-state index < -0.39 is 23.4 Å². The molecule has 0 fully saturated rings. The molecule has 0 bridgehead atoms. The summed E-state index contributed by atoms with van der Waals surface area (Å²) in [7, 11) is 3.03. The third-order valence-corrected chi connectivity index (χ3v) is 4.42. The summed E-state index contributed by atoms with van der Waals surface area (Å²) in [5.41, 5.74) is 0.468. The second-order valence-corrected chi connectivity index (χ2v) is 6.47. The van der Waals surface area contributed by atoms with Crippen LogP contribution >= 0.6 is 0 Å². The second-order valence-electron chi connectivity index (χ2n) is 6.47. The Bertz CT molecular complexity index is 1110. The Morgan fingerprint density at radius 3 is 2.42 bits per heavy atom. The highest BCUT2D eigenvalue weighted by Gasteiger charge is 2.20. The van der Waals surface area contributed by atoms with E-state index in [1.165, 1.54) is 50.6 Å². The van der Waals surface area contributed by atoms with Crippen LogP contribution in [0.2, 0.25) is 0 Å². The van der Waals surface area contributed by atoms with Crippen LogP contribution in [-0.2, 0) is 4.79 Å². The maximum atomic E-state index is 13.2. The Hall–Kier alpha value is -3.88. The standard InChI is InChI=1S/C22H22FN3O5/c1-4-17(22(28)24-15-7-10-18(29-2)19(13-15)30-3)31-20-11-12-21(27)26(25-20)16-8-5-14(23)6-9-16/h5-13,17H,4H2,1-3H3,(H,24,28). The number of ether oxygens (including phenoxy) is 3. The van der Waals surface area contributed by atoms with Gasteiger partial charge in [0, 0.05) is 23.9 Å². The van der Waals surface area contributed by atoms with E-state index in [0.29, 0.717) is 29.3 Å². The van der Waals surface area contributed by atoms with Crippen molar-refractivity contribution in [2.75, 3.05) is 19.5 Å². The number of hydrogen-bond donors (Lipinski definition) is 1. The van der Waals surface area contributed by atoms with Crippen molar-refractivity contribution in [1.29, 1.82) is 0 Å². The number of carbonyl (C=O) groups excluding carboxylic acids is 1. The summed E-state index contributed by atoms with van der Waals surface area (Å²) in [6, 6.07) is 12.9. The van der Waals surface area contributed by atoms with Gasteiger partial charge < -0.3 is 19.5 Å². The molecule has 0 aliphatic heterocycles. The van der Waals surface area contributed by atoms with Crippen LogP contribution in [-0.4, -0.2) is 36.0 Å². The summed E-state index contributed by atoms with van der Waals surface area (Å²) in [4.78, 5) is 24.9. The van der Waals surface area contributed by atoms with Crippen molar-refractivity contribution in [2.45, 2.75) is 19.4 Å². The van der Waals surface area contributed by atoms with Crippen molar-refractivity contribution in [2.24, 2.45) is 0 Å². The molecular weight excluding hydrogens is 405 g/mol. The molecule has 1 atom stereocenters. The van der Waals surface area contributed by atoms with Crippen LogP contribution in [0.25, 0.3) is 5.69 Å². The number of benzene rings is 2. The van der Waals surface area contributed by atoms with Gasteiger partial charge in [-0.1, -0.05) is 6.92 Å². The Morgan fingerprint density at radius 2 is 1.77 bits per heavy atom. The fourth-order valence-electron chi connectivity index (χ4n) is 2.83. The monoisotopic (exact) mass is 427 g/mol. The van der Waals surface area contributed by atoms with Gasteiger partial charge in [-0.25, -0.2) is 4.39 Å². The fraction of sp³-hybridized carbons (Fsp3) is 0.227. The van der Waals surface area contributed by atoms with Crippen molar-refractivity contribution in [3.8, 4) is 23.1 Å². The summed E-state index contributed by atoms with van der Waals surface area (Å²) in [6.45, 7) is 1.79. The van der Waals surface area contributed by atoms with Crippen molar-refractivity contribution in [1.82, 2.24) is 9.78 Å². The first kappa shape index (κ1) is 21.8. The van der Waals surface area contributed by atoms with Crippen molar-refractivity contribution in [3.05, 3.63) is 70.8 Å². The van der Waals surface area contributed by atoms with Gasteiger partial charge in [-0.3, -0.25) is 9.59 Å². The number of rotatable bonds is 8. The van der Waals surface area contributed by atoms with Gasteiger partial charge in [0.15, 0.2) is 17.6 Å². The van der Waals surface area contributed by atoms with Crippen molar-refractivity contribution >= 4 is 11.6 Å². The van der Waals surface area contributed by atoms with Crippen LogP contribution < -0.4 is 25.1 Å². The van der Waals surface area contributed by atoms with Crippen LogP contribution in [0.4, 0.5) is 10.1 Å². The molecular formula is C22H22FN3O5. The molecule has 0 radical (unpaired) electrons. The number of methoxy groups -OCH3 is 2. The zero-order chi connectivity index (χ0) is 22.4. The zero-order valence-corrected chi connectivity index (χ0v) is 17.3. The molecule has 3 rings (SSSR count). The number of nitrogens with zero attached hydrogens (tertiary/aromatic N) is 2. The Balaban J connectivity index is 1.77. The minimum atomic E-state index is -0.861. The van der Waals surface area contributed by atoms with E-state index in [0.717, 1.165) is 4.68 Å². The summed E-state index contributed by atoms with van der Waals surface area (Å²) in [5.74, 6) is 0.273. The first-order valence-electron chi connectivity index (χ1n) is 9.51. The van der Waals surface area contributed by atoms with Gasteiger partial charge in [0.1, 0.15) is 5.82 Å². The van der Waals surface area contributed by atoms with Gasteiger partial charge in [0.05, 0.1) is 19.9 Å². The topological polar surface area (TPSA) is 91.7 Å². The predicted molar refractivity (Wildman–Crippen MR) is 113 cm³/mol. The van der Waals surface area contributed by atoms with E-state index in [-0.39, 0.29) is 5.88 Å². The Labute approximate surface area is 178 Å². The Kier molecular flexibility index (Phi) is 6.86. The van der Waals surface area contributed by atoms with Crippen LogP contribution in [0.5, 0.6) is 17.4 Å². The van der Waals surface area contributed by atoms with Gasteiger partial charge in [-0.2, -0.15) is 4.68 Å². The SMILES string of the molecule is CCC(Oc1ccc(=O)n(-c2ccc(F)cc2)n1)C(=O)Nc1ccc(OC)c(OC)c1. The number of nitrogens with one attached hydrogen (secondary N) is 1. The largest absolute Gasteiger partial charge is 0.493 e. The molecule has 0 saturated carbocycles. The lowest BCUT2D eigenvalue weighted by atomic mass is 10.2. The van der Waals surface area contributed by atoms with Gasteiger partial charge in [-0.15, -0.1) is 5.10 Å². The molecule has 1 amide bonds. The normalized spacial score (nSPS) is 11.5. The maximum absolute atomic E-state index is 13.2. The highest BCUT2D eigenvalue weighted by Crippen LogP contribution is 2.29. The van der Waals surface area contributed by atoms with E-state index in [1.807, 2.05) is 0 Å². The predicted octanol–water partition coefficient (Wildman–Crippen LogP) is 3.18. The van der Waals surface area contributed by atoms with Gasteiger partial charge in [0.2, 0.25) is 5.88 Å². The van der Waals surface area contributed by atoms with Crippen LogP contribution in [0.3, 0.4) is 0 Å². The molecule has 2 aromatic carbocycles. The summed E-state index contributed by atoms with van der Waals surface area (Å²) in [6.07, 6.45) is -0.504. The third kappa shape index (κ3) is 5.19. The number of anilines is 1. The lowest BCUT2D eigenvalue weighted by Gasteiger charge is -2.18. The first-order valence-corrected chi connectivity index (χ1v) is 9.51. The van der Waals surface area contributed by atoms with E-state index in [9.17, 15) is 14.0 Å². The number of halogens is 1. The highest BCUT2D eigenvalue weighted by atomic mass is 19.1. The quantitative estimate of drug-likeness (QED) is 0.594. The van der Waals surface area contributed by atoms with Gasteiger partial charge >= 0.3 is 0 Å². The fourth-order valence-corrected chi connectivity index (χ4v) is 2.83. The van der Waals surface area contributed by atoms with Crippen LogP contribution in [0, 0.1) is 5.82 Å². The molecule has 9 heteroatoms. The smallest absolute Gasteiger partial charge is 0.271 e. The molecule has 3 aromatic rings. The molecule has 8 nitrogen and oxygen atoms in total. The minimum Gasteiger partial charge on any atom is -0.493 e. The molecule has 162 valence electrons. The summed E-state index contributed by atoms with van der Waals surface area (Å²) >= 11 is 0. The highest BCUT2D eigenvalue weighted by molar-refractivity contribution is 5.94. The molecule has 0 aliphatic rings. The lowest BCUT2D eigenvalue weighted by Crippen LogP contribution is -2.33. The number of amides is 1. The number of carbonyl (C=O) groups is 1. The molecule has 1 aromatic heterocycles. The van der Waals surface area contributed by atoms with E-state index >= 15 is 0 Å². The van der Waals surface area contributed by atoms with Gasteiger partial charge in [0.25, 0.3) is 11.5 Å².